The number of aliphatic hydroxyl groups excluding tert-OH is 2. The van der Waals surface area contributed by atoms with Crippen LogP contribution in [0.1, 0.15) is 119 Å². The zero-order chi connectivity index (χ0) is 49.4. The fourth-order valence-corrected chi connectivity index (χ4v) is 10.0. The summed E-state index contributed by atoms with van der Waals surface area (Å²) in [5.74, 6) is -7.24. The molecular weight excluding hydrogens is 880 g/mol. The first-order chi connectivity index (χ1) is 32.1. The van der Waals surface area contributed by atoms with Crippen molar-refractivity contribution in [1.29, 1.82) is 0 Å². The number of carbonyl (C=O) groups is 5. The van der Waals surface area contributed by atoms with Crippen molar-refractivity contribution in [3.05, 3.63) is 69.8 Å². The van der Waals surface area contributed by atoms with Crippen LogP contribution in [0.4, 0.5) is 4.48 Å². The van der Waals surface area contributed by atoms with Crippen molar-refractivity contribution in [3.63, 3.8) is 0 Å². The van der Waals surface area contributed by atoms with Crippen molar-refractivity contribution < 1.29 is 58.0 Å². The molecular formula is C50H67FN6O11. The molecule has 17 nitrogen and oxygen atoms in total. The molecule has 0 aromatic heterocycles. The third-order valence-electron chi connectivity index (χ3n) is 14.2. The molecule has 7 atom stereocenters. The molecule has 370 valence electrons. The fraction of sp³-hybridized carbons (Fsp3) is 0.600. The van der Waals surface area contributed by atoms with Gasteiger partial charge in [0.15, 0.2) is 0 Å². The molecule has 0 saturated carbocycles. The van der Waals surface area contributed by atoms with Crippen LogP contribution in [-0.2, 0) is 23.9 Å². The number of amides is 2. The molecule has 5 bridgehead atoms. The largest absolute Gasteiger partial charge is 0.507 e. The molecule has 0 radical (unpaired) electrons. The van der Waals surface area contributed by atoms with Crippen LogP contribution in [0.3, 0.4) is 0 Å². The maximum atomic E-state index is 14.7. The summed E-state index contributed by atoms with van der Waals surface area (Å²) in [5.41, 5.74) is -0.325. The van der Waals surface area contributed by atoms with E-state index in [4.69, 9.17) is 19.2 Å². The highest BCUT2D eigenvalue weighted by molar-refractivity contribution is 6.34. The minimum absolute atomic E-state index is 0.00454. The van der Waals surface area contributed by atoms with Gasteiger partial charge in [-0.25, -0.2) is 0 Å². The number of hydrogen-bond acceptors (Lipinski definition) is 15. The second kappa shape index (κ2) is 20.3. The minimum Gasteiger partial charge on any atom is -0.507 e. The van der Waals surface area contributed by atoms with E-state index in [1.54, 1.807) is 45.9 Å². The van der Waals surface area contributed by atoms with E-state index in [1.165, 1.54) is 31.1 Å². The number of halogens is 1. The number of aliphatic imine (C=N–C) groups is 1. The predicted molar refractivity (Wildman–Crippen MR) is 249 cm³/mol. The Labute approximate surface area is 397 Å². The lowest BCUT2D eigenvalue weighted by Gasteiger charge is -2.38. The van der Waals surface area contributed by atoms with Crippen LogP contribution in [0.2, 0.25) is 0 Å². The van der Waals surface area contributed by atoms with E-state index in [0.29, 0.717) is 49.9 Å². The van der Waals surface area contributed by atoms with Gasteiger partial charge in [0.05, 0.1) is 41.0 Å². The number of ether oxygens (including phenoxy) is 3. The third kappa shape index (κ3) is 10.1. The number of hydrogen-bond donors (Lipinski definition) is 5. The zero-order valence-corrected chi connectivity index (χ0v) is 40.4. The van der Waals surface area contributed by atoms with Gasteiger partial charge in [0.1, 0.15) is 35.4 Å². The number of phenols is 1. The average molecular weight is 947 g/mol. The van der Waals surface area contributed by atoms with Crippen molar-refractivity contribution in [2.24, 2.45) is 28.7 Å². The Hall–Kier alpha value is -5.43. The predicted octanol–water partition coefficient (Wildman–Crippen LogP) is 4.53. The van der Waals surface area contributed by atoms with Crippen molar-refractivity contribution in [2.75, 3.05) is 45.8 Å². The smallest absolute Gasteiger partial charge is 0.315 e. The molecule has 1 aliphatic carbocycles. The van der Waals surface area contributed by atoms with Crippen LogP contribution in [-0.4, -0.2) is 141 Å². The Balaban J connectivity index is 1.23. The number of nitrogens with zero attached hydrogens (tertiary/aromatic N) is 4. The van der Waals surface area contributed by atoms with Crippen LogP contribution in [0.5, 0.6) is 11.5 Å². The topological polar surface area (TPSA) is 220 Å². The maximum Gasteiger partial charge on any atom is 0.315 e. The molecule has 2 unspecified atom stereocenters. The van der Waals surface area contributed by atoms with E-state index in [9.17, 15) is 43.8 Å². The number of esters is 1. The highest BCUT2D eigenvalue weighted by Gasteiger charge is 2.54. The Morgan fingerprint density at radius 3 is 2.40 bits per heavy atom. The molecule has 2 saturated heterocycles. The molecule has 6 heterocycles. The summed E-state index contributed by atoms with van der Waals surface area (Å²) in [5, 5.41) is 41.9. The lowest BCUT2D eigenvalue weighted by atomic mass is 9.81. The molecule has 8 rings (SSSR count). The average Bonchev–Trinajstić information content (AvgIpc) is 3.68. The maximum absolute atomic E-state index is 14.7. The van der Waals surface area contributed by atoms with Crippen LogP contribution in [0.25, 0.3) is 0 Å². The molecule has 7 aliphatic rings. The summed E-state index contributed by atoms with van der Waals surface area (Å²) >= 11 is 0. The van der Waals surface area contributed by atoms with Gasteiger partial charge in [0, 0.05) is 100 Å². The second-order valence-corrected chi connectivity index (χ2v) is 19.9. The van der Waals surface area contributed by atoms with Crippen LogP contribution >= 0.6 is 0 Å². The number of fused-ring (bicyclic) bond motifs is 13. The number of allylic oxidation sites excluding steroid dienone is 5. The monoisotopic (exact) mass is 946 g/mol. The number of phenolic OH excluding ortho intramolecular Hbond substituents is 1. The van der Waals surface area contributed by atoms with Gasteiger partial charge in [0.2, 0.25) is 11.7 Å². The van der Waals surface area contributed by atoms with Gasteiger partial charge in [0.25, 0.3) is 11.7 Å². The lowest BCUT2D eigenvalue weighted by molar-refractivity contribution is -0.159. The number of benzene rings is 1. The first-order valence-electron chi connectivity index (χ1n) is 23.9. The lowest BCUT2D eigenvalue weighted by Crippen LogP contribution is -2.50. The van der Waals surface area contributed by atoms with Gasteiger partial charge in [-0.2, -0.15) is 0 Å². The molecule has 1 aromatic rings. The Morgan fingerprint density at radius 1 is 0.971 bits per heavy atom. The Bertz CT molecular complexity index is 2350. The molecule has 2 amide bonds. The zero-order valence-electron chi connectivity index (χ0n) is 40.4. The first kappa shape index (κ1) is 50.4. The molecule has 2 fully saturated rings. The molecule has 6 aliphatic heterocycles. The number of carbonyl (C=O) groups excluding carboxylic acids is 5. The third-order valence-corrected chi connectivity index (χ3v) is 14.2. The van der Waals surface area contributed by atoms with E-state index in [1.807, 2.05) is 0 Å². The Kier molecular flexibility index (Phi) is 15.0. The van der Waals surface area contributed by atoms with Gasteiger partial charge < -0.3 is 50.0 Å². The number of Topliss-reactive ketones (excluding diaryl/α,β-unsaturated/α-hetero) is 2. The van der Waals surface area contributed by atoms with Crippen molar-refractivity contribution in [3.8, 4) is 11.5 Å². The van der Waals surface area contributed by atoms with E-state index in [0.717, 1.165) is 6.54 Å². The van der Waals surface area contributed by atoms with Crippen LogP contribution < -0.4 is 15.4 Å². The van der Waals surface area contributed by atoms with Crippen LogP contribution in [0.15, 0.2) is 52.5 Å². The highest BCUT2D eigenvalue weighted by Crippen LogP contribution is 2.50. The summed E-state index contributed by atoms with van der Waals surface area (Å²) in [4.78, 5) is 78.9. The summed E-state index contributed by atoms with van der Waals surface area (Å²) < 4.78 is 32.1. The number of piperidine rings is 1. The van der Waals surface area contributed by atoms with Gasteiger partial charge in [-0.15, -0.1) is 9.60 Å². The van der Waals surface area contributed by atoms with E-state index >= 15 is 0 Å². The SMILES string of the molecule is C/C1=C/C=C/C(C)[C@H](O)[C@@H](C)C(O)[C@@H](C)[C@H](OC(=O)CC(=O)N2CCCN(F)CC2)CC/C=C/O[C@@]2(C)Oc3c(C)c(O)c4c(c3C2=O)C2=NC3(CCN(CC(C)C)CC3)NC2=C(NC1=O)C4=O. The molecule has 1 aromatic carbocycles. The number of nitrogens with one attached hydrogen (secondary N) is 2. The Morgan fingerprint density at radius 2 is 1.69 bits per heavy atom. The standard InChI is InChI=1S/C50H67FN6O11/c1-27(2)26-55-20-16-50(17-21-55)53-39-36-37-44(62)32(7)46-38(36)47(64)49(8,68-46)66-24-10-9-15-33(67-35(59)25-34(58)56-18-12-19-57(51)23-22-56)30(5)43(61)31(6)42(60)28(3)13-11-14-29(4)48(65)52-41(45(37)63)40(39)54-50/h10-11,13-14,24,27-28,30-31,33,42-43,54,60-62H,9,12,15-23,25-26H2,1-8H3,(H,52,65)/b13-11+,24-10+,29-14-/t28?,30-,31+,33+,42-,43?,49-/m0/s1. The van der Waals surface area contributed by atoms with Crippen LogP contribution in [0, 0.1) is 30.6 Å². The molecule has 1 spiro atoms. The van der Waals surface area contributed by atoms with Crippen molar-refractivity contribution in [2.45, 2.75) is 124 Å². The van der Waals surface area contributed by atoms with Gasteiger partial charge in [-0.3, -0.25) is 29.0 Å². The number of aromatic hydroxyl groups is 1. The van der Waals surface area contributed by atoms with Gasteiger partial charge >= 0.3 is 11.8 Å². The van der Waals surface area contributed by atoms with Crippen molar-refractivity contribution in [1.82, 2.24) is 25.6 Å². The summed E-state index contributed by atoms with van der Waals surface area (Å²) in [7, 11) is 0. The summed E-state index contributed by atoms with van der Waals surface area (Å²) in [6.07, 6.45) is 5.74. The highest BCUT2D eigenvalue weighted by atomic mass is 19.2. The summed E-state index contributed by atoms with van der Waals surface area (Å²) in [6.45, 7) is 16.9. The molecule has 18 heteroatoms. The number of aliphatic hydroxyl groups is 2. The van der Waals surface area contributed by atoms with Crippen molar-refractivity contribution >= 4 is 35.1 Å². The van der Waals surface area contributed by atoms with E-state index in [2.05, 4.69) is 29.4 Å². The quantitative estimate of drug-likeness (QED) is 0.156. The molecule has 68 heavy (non-hydrogen) atoms. The van der Waals surface area contributed by atoms with Gasteiger partial charge in [-0.1, -0.05) is 52.8 Å². The normalized spacial score (nSPS) is 31.2. The number of likely N-dealkylation sites (tertiary alicyclic amines) is 1. The molecule has 5 N–H and O–H groups in total. The number of rotatable bonds is 5. The second-order valence-electron chi connectivity index (χ2n) is 19.9. The van der Waals surface area contributed by atoms with E-state index in [-0.39, 0.29) is 83.2 Å². The summed E-state index contributed by atoms with van der Waals surface area (Å²) in [6, 6.07) is 0. The minimum atomic E-state index is -1.97. The number of ketones is 2. The van der Waals surface area contributed by atoms with E-state index < -0.39 is 89.0 Å². The van der Waals surface area contributed by atoms with Gasteiger partial charge in [-0.05, 0) is 45.1 Å². The first-order valence-corrected chi connectivity index (χ1v) is 23.9. The fourth-order valence-electron chi connectivity index (χ4n) is 10.0.